The quantitative estimate of drug-likeness (QED) is 0.543. The number of halogens is 1. The Morgan fingerprint density at radius 3 is 2.88 bits per heavy atom. The van der Waals surface area contributed by atoms with Crippen molar-refractivity contribution in [2.75, 3.05) is 18.1 Å². The summed E-state index contributed by atoms with van der Waals surface area (Å²) < 4.78 is 43.1. The highest BCUT2D eigenvalue weighted by molar-refractivity contribution is 7.93. The van der Waals surface area contributed by atoms with Crippen LogP contribution in [0.3, 0.4) is 0 Å². The molecule has 3 aromatic heterocycles. The number of methoxy groups -OCH3 is 1. The standard InChI is InChI=1S/C15H16ClN3O5S2/c1-9-13(16)15(24-18-9)19(8-23-10(2)22-3)26(20,21)12-7-25-14-11(12)5-4-6-17-14/h4-7,10H,8H2,1-3H3. The van der Waals surface area contributed by atoms with Gasteiger partial charge in [0.1, 0.15) is 27.2 Å². The molecule has 0 bridgehead atoms. The predicted octanol–water partition coefficient (Wildman–Crippen LogP) is 3.41. The van der Waals surface area contributed by atoms with E-state index in [-0.39, 0.29) is 22.5 Å². The van der Waals surface area contributed by atoms with Crippen molar-refractivity contribution in [3.8, 4) is 0 Å². The number of hydrogen-bond acceptors (Lipinski definition) is 8. The zero-order valence-corrected chi connectivity index (χ0v) is 16.6. The van der Waals surface area contributed by atoms with Crippen molar-refractivity contribution in [2.45, 2.75) is 25.0 Å². The third-order valence-corrected chi connectivity index (χ3v) is 6.87. The number of hydrogen-bond donors (Lipinski definition) is 0. The van der Waals surface area contributed by atoms with E-state index in [2.05, 4.69) is 10.1 Å². The summed E-state index contributed by atoms with van der Waals surface area (Å²) in [6.45, 7) is 2.90. The topological polar surface area (TPSA) is 94.8 Å². The number of aryl methyl sites for hydroxylation is 1. The van der Waals surface area contributed by atoms with E-state index in [9.17, 15) is 8.42 Å². The van der Waals surface area contributed by atoms with Crippen LogP contribution >= 0.6 is 22.9 Å². The summed E-state index contributed by atoms with van der Waals surface area (Å²) in [5.41, 5.74) is 0.374. The van der Waals surface area contributed by atoms with Crippen LogP contribution in [0.2, 0.25) is 5.02 Å². The van der Waals surface area contributed by atoms with Crippen LogP contribution in [-0.4, -0.2) is 38.7 Å². The summed E-state index contributed by atoms with van der Waals surface area (Å²) in [5, 5.41) is 5.86. The maximum Gasteiger partial charge on any atom is 0.270 e. The van der Waals surface area contributed by atoms with Crippen LogP contribution in [0.5, 0.6) is 0 Å². The Morgan fingerprint density at radius 1 is 1.46 bits per heavy atom. The number of rotatable bonds is 7. The van der Waals surface area contributed by atoms with E-state index < -0.39 is 16.3 Å². The lowest BCUT2D eigenvalue weighted by Crippen LogP contribution is -2.35. The van der Waals surface area contributed by atoms with Crippen LogP contribution in [0.4, 0.5) is 5.88 Å². The van der Waals surface area contributed by atoms with E-state index >= 15 is 0 Å². The Labute approximate surface area is 159 Å². The van der Waals surface area contributed by atoms with Crippen LogP contribution in [-0.2, 0) is 19.5 Å². The second-order valence-electron chi connectivity index (χ2n) is 5.30. The van der Waals surface area contributed by atoms with Crippen molar-refractivity contribution < 1.29 is 22.4 Å². The van der Waals surface area contributed by atoms with E-state index in [1.165, 1.54) is 23.8 Å². The number of ether oxygens (including phenoxy) is 2. The Kier molecular flexibility index (Phi) is 5.49. The van der Waals surface area contributed by atoms with Gasteiger partial charge in [0.05, 0.1) is 0 Å². The molecule has 0 N–H and O–H groups in total. The van der Waals surface area contributed by atoms with Crippen LogP contribution < -0.4 is 4.31 Å². The lowest BCUT2D eigenvalue weighted by Gasteiger charge is -2.22. The van der Waals surface area contributed by atoms with Crippen LogP contribution in [0.25, 0.3) is 10.2 Å². The Bertz CT molecular complexity index is 1020. The van der Waals surface area contributed by atoms with Gasteiger partial charge in [0, 0.05) is 24.1 Å². The summed E-state index contributed by atoms with van der Waals surface area (Å²) in [7, 11) is -2.59. The molecule has 1 unspecified atom stereocenters. The molecule has 0 aliphatic heterocycles. The molecule has 0 aromatic carbocycles. The largest absolute Gasteiger partial charge is 0.356 e. The third-order valence-electron chi connectivity index (χ3n) is 3.64. The molecule has 0 saturated carbocycles. The summed E-state index contributed by atoms with van der Waals surface area (Å²) in [6.07, 6.45) is 0.976. The van der Waals surface area contributed by atoms with Crippen molar-refractivity contribution in [3.63, 3.8) is 0 Å². The Morgan fingerprint density at radius 2 is 2.23 bits per heavy atom. The minimum Gasteiger partial charge on any atom is -0.356 e. The van der Waals surface area contributed by atoms with E-state index in [1.54, 1.807) is 32.2 Å². The Balaban J connectivity index is 2.09. The van der Waals surface area contributed by atoms with Crippen molar-refractivity contribution in [2.24, 2.45) is 0 Å². The molecule has 0 saturated heterocycles. The molecule has 3 rings (SSSR count). The predicted molar refractivity (Wildman–Crippen MR) is 98.0 cm³/mol. The first kappa shape index (κ1) is 19.1. The molecular weight excluding hydrogens is 402 g/mol. The van der Waals surface area contributed by atoms with E-state index in [1.807, 2.05) is 0 Å². The highest BCUT2D eigenvalue weighted by Crippen LogP contribution is 2.36. The van der Waals surface area contributed by atoms with Gasteiger partial charge in [0.2, 0.25) is 0 Å². The number of thiophene rings is 1. The van der Waals surface area contributed by atoms with Gasteiger partial charge in [0.15, 0.2) is 6.29 Å². The fraction of sp³-hybridized carbons (Fsp3) is 0.333. The van der Waals surface area contributed by atoms with Gasteiger partial charge >= 0.3 is 0 Å². The van der Waals surface area contributed by atoms with Gasteiger partial charge in [-0.05, 0) is 26.0 Å². The average molecular weight is 418 g/mol. The van der Waals surface area contributed by atoms with Gasteiger partial charge < -0.3 is 14.0 Å². The van der Waals surface area contributed by atoms with Gasteiger partial charge in [0.25, 0.3) is 15.9 Å². The number of sulfonamides is 1. The van der Waals surface area contributed by atoms with E-state index in [4.69, 9.17) is 25.6 Å². The lowest BCUT2D eigenvalue weighted by atomic mass is 10.3. The Hall–Kier alpha value is -1.72. The number of fused-ring (bicyclic) bond motifs is 1. The molecule has 11 heteroatoms. The molecular formula is C15H16ClN3O5S2. The van der Waals surface area contributed by atoms with Crippen LogP contribution in [0.1, 0.15) is 12.6 Å². The lowest BCUT2D eigenvalue weighted by molar-refractivity contribution is -0.108. The monoisotopic (exact) mass is 417 g/mol. The van der Waals surface area contributed by atoms with Crippen LogP contribution in [0, 0.1) is 6.92 Å². The molecule has 0 aliphatic carbocycles. The molecule has 0 fully saturated rings. The number of aromatic nitrogens is 2. The molecule has 0 spiro atoms. The number of nitrogens with zero attached hydrogens (tertiary/aromatic N) is 3. The van der Waals surface area contributed by atoms with Gasteiger partial charge in [-0.25, -0.2) is 17.7 Å². The highest BCUT2D eigenvalue weighted by atomic mass is 35.5. The number of pyridine rings is 1. The normalized spacial score (nSPS) is 13.2. The fourth-order valence-electron chi connectivity index (χ4n) is 2.14. The number of anilines is 1. The van der Waals surface area contributed by atoms with Gasteiger partial charge in [-0.2, -0.15) is 0 Å². The SMILES string of the molecule is COC(C)OCN(c1onc(C)c1Cl)S(=O)(=O)c1csc2ncccc12. The first-order chi connectivity index (χ1) is 12.4. The van der Waals surface area contributed by atoms with Crippen molar-refractivity contribution in [1.82, 2.24) is 10.1 Å². The summed E-state index contributed by atoms with van der Waals surface area (Å²) in [6, 6.07) is 3.36. The van der Waals surface area contributed by atoms with Gasteiger partial charge in [-0.3, -0.25) is 0 Å². The molecule has 0 radical (unpaired) electrons. The molecule has 140 valence electrons. The zero-order valence-electron chi connectivity index (χ0n) is 14.2. The van der Waals surface area contributed by atoms with Gasteiger partial charge in [-0.15, -0.1) is 11.3 Å². The molecule has 3 aromatic rings. The second kappa shape index (κ2) is 7.49. The van der Waals surface area contributed by atoms with E-state index in [0.717, 1.165) is 4.31 Å². The molecule has 3 heterocycles. The van der Waals surface area contributed by atoms with Crippen LogP contribution in [0.15, 0.2) is 33.1 Å². The van der Waals surface area contributed by atoms with Crippen molar-refractivity contribution in [3.05, 3.63) is 34.4 Å². The first-order valence-corrected chi connectivity index (χ1v) is 10.2. The zero-order chi connectivity index (χ0) is 18.9. The first-order valence-electron chi connectivity index (χ1n) is 7.47. The van der Waals surface area contributed by atoms with Crippen molar-refractivity contribution >= 4 is 49.1 Å². The second-order valence-corrected chi connectivity index (χ2v) is 8.36. The smallest absolute Gasteiger partial charge is 0.270 e. The van der Waals surface area contributed by atoms with Crippen molar-refractivity contribution in [1.29, 1.82) is 0 Å². The summed E-state index contributed by atoms with van der Waals surface area (Å²) >= 11 is 7.41. The maximum atomic E-state index is 13.3. The average Bonchev–Trinajstić information content (AvgIpc) is 3.20. The summed E-state index contributed by atoms with van der Waals surface area (Å²) in [5.74, 6) is -0.115. The summed E-state index contributed by atoms with van der Waals surface area (Å²) in [4.78, 5) is 4.87. The van der Waals surface area contributed by atoms with E-state index in [0.29, 0.717) is 15.9 Å². The third kappa shape index (κ3) is 3.42. The molecule has 8 nitrogen and oxygen atoms in total. The maximum absolute atomic E-state index is 13.3. The molecule has 1 atom stereocenters. The highest BCUT2D eigenvalue weighted by Gasteiger charge is 2.33. The molecule has 0 amide bonds. The fourth-order valence-corrected chi connectivity index (χ4v) is 5.05. The molecule has 0 aliphatic rings. The minimum absolute atomic E-state index is 0.0874. The molecule has 26 heavy (non-hydrogen) atoms. The minimum atomic E-state index is -4.05. The van der Waals surface area contributed by atoms with Gasteiger partial charge in [-0.1, -0.05) is 16.8 Å².